The van der Waals surface area contributed by atoms with Crippen LogP contribution in [0.15, 0.2) is 0 Å². The summed E-state index contributed by atoms with van der Waals surface area (Å²) in [5.74, 6) is -0.00837. The Hall–Kier alpha value is -2.51. The number of ether oxygens (including phenoxy) is 2. The van der Waals surface area contributed by atoms with Gasteiger partial charge in [-0.2, -0.15) is 0 Å². The van der Waals surface area contributed by atoms with Gasteiger partial charge in [-0.25, -0.2) is 9.59 Å². The van der Waals surface area contributed by atoms with E-state index in [-0.39, 0.29) is 17.8 Å². The molecule has 4 heterocycles. The molecule has 2 aromatic rings. The Morgan fingerprint density at radius 2 is 1.09 bits per heavy atom. The number of methoxy groups -OCH3 is 2. The molecule has 13 heteroatoms. The third-order valence-corrected chi connectivity index (χ3v) is 11.8. The van der Waals surface area contributed by atoms with Crippen LogP contribution in [0.5, 0.6) is 0 Å². The Labute approximate surface area is 286 Å². The molecule has 0 unspecified atom stereocenters. The molecule has 10 nitrogen and oxygen atoms in total. The van der Waals surface area contributed by atoms with Crippen LogP contribution in [0.2, 0.25) is 4.34 Å². The molecule has 0 saturated carbocycles. The van der Waals surface area contributed by atoms with E-state index in [1.54, 1.807) is 16.7 Å². The highest BCUT2D eigenvalue weighted by Gasteiger charge is 2.31. The summed E-state index contributed by atoms with van der Waals surface area (Å²) in [5, 5.41) is 0. The first-order valence-electron chi connectivity index (χ1n) is 15.7. The maximum absolute atomic E-state index is 12.3. The van der Waals surface area contributed by atoms with Crippen molar-refractivity contribution in [1.82, 2.24) is 9.80 Å². The summed E-state index contributed by atoms with van der Waals surface area (Å²) in [4.78, 5) is 58.7. The van der Waals surface area contributed by atoms with Crippen molar-refractivity contribution in [2.45, 2.75) is 60.3 Å². The summed E-state index contributed by atoms with van der Waals surface area (Å²) in [6, 6.07) is 0. The van der Waals surface area contributed by atoms with Crippen molar-refractivity contribution in [2.24, 2.45) is 11.8 Å². The summed E-state index contributed by atoms with van der Waals surface area (Å²) < 4.78 is 10.3. The van der Waals surface area contributed by atoms with Crippen molar-refractivity contribution < 1.29 is 28.7 Å². The SMILES string of the molecule is COC(=O)c1sc(C)c(C)c1N(CC1CCN(C)CC1)C(C)=O.COC(=O)c1sc(Cl)c(C)c1N(CC1CCN(C)CC1)C(C)=O. The number of anilines is 2. The zero-order chi connectivity index (χ0) is 34.3. The van der Waals surface area contributed by atoms with Crippen molar-refractivity contribution in [3.8, 4) is 0 Å². The van der Waals surface area contributed by atoms with Crippen molar-refractivity contribution in [1.29, 1.82) is 0 Å². The number of halogens is 1. The molecule has 2 amide bonds. The third kappa shape index (κ3) is 9.31. The fraction of sp³-hybridized carbons (Fsp3) is 0.636. The van der Waals surface area contributed by atoms with Crippen molar-refractivity contribution >= 4 is 69.4 Å². The second-order valence-electron chi connectivity index (χ2n) is 12.4. The number of amides is 2. The quantitative estimate of drug-likeness (QED) is 0.308. The van der Waals surface area contributed by atoms with Crippen molar-refractivity contribution in [3.63, 3.8) is 0 Å². The number of carbonyl (C=O) groups excluding carboxylic acids is 4. The van der Waals surface area contributed by atoms with Crippen LogP contribution in [-0.4, -0.2) is 101 Å². The normalized spacial score (nSPS) is 16.4. The van der Waals surface area contributed by atoms with Crippen molar-refractivity contribution in [2.75, 3.05) is 77.4 Å². The van der Waals surface area contributed by atoms with Crippen LogP contribution >= 0.6 is 34.3 Å². The van der Waals surface area contributed by atoms with Crippen molar-refractivity contribution in [3.05, 3.63) is 30.1 Å². The summed E-state index contributed by atoms with van der Waals surface area (Å²) in [6.07, 6.45) is 4.25. The highest BCUT2D eigenvalue weighted by atomic mass is 35.5. The van der Waals surface area contributed by atoms with Crippen LogP contribution in [0.3, 0.4) is 0 Å². The van der Waals surface area contributed by atoms with Gasteiger partial charge in [0, 0.05) is 37.4 Å². The van der Waals surface area contributed by atoms with Gasteiger partial charge in [0.25, 0.3) is 0 Å². The number of nitrogens with zero attached hydrogens (tertiary/aromatic N) is 4. The van der Waals surface area contributed by atoms with Gasteiger partial charge in [0.2, 0.25) is 11.8 Å². The first-order chi connectivity index (χ1) is 21.7. The molecule has 2 aliphatic rings. The Bertz CT molecular complexity index is 1290. The first kappa shape index (κ1) is 37.9. The summed E-state index contributed by atoms with van der Waals surface area (Å²) in [6.45, 7) is 14.3. The van der Waals surface area contributed by atoms with E-state index in [9.17, 15) is 19.2 Å². The highest BCUT2D eigenvalue weighted by Crippen LogP contribution is 2.40. The lowest BCUT2D eigenvalue weighted by Gasteiger charge is -2.33. The van der Waals surface area contributed by atoms with Gasteiger partial charge >= 0.3 is 11.9 Å². The van der Waals surface area contributed by atoms with Crippen LogP contribution in [0.4, 0.5) is 11.4 Å². The third-order valence-electron chi connectivity index (χ3n) is 9.01. The number of hydrogen-bond donors (Lipinski definition) is 0. The molecule has 2 aliphatic heterocycles. The predicted molar refractivity (Wildman–Crippen MR) is 187 cm³/mol. The maximum Gasteiger partial charge on any atom is 0.350 e. The number of piperidine rings is 2. The van der Waals surface area contributed by atoms with Crippen LogP contribution in [0.1, 0.15) is 74.9 Å². The van der Waals surface area contributed by atoms with Crippen LogP contribution in [-0.2, 0) is 19.1 Å². The second kappa shape index (κ2) is 17.1. The second-order valence-corrected chi connectivity index (χ2v) is 15.2. The summed E-state index contributed by atoms with van der Waals surface area (Å²) in [7, 11) is 6.95. The Morgan fingerprint density at radius 1 is 0.717 bits per heavy atom. The lowest BCUT2D eigenvalue weighted by Crippen LogP contribution is -2.39. The standard InChI is InChI=1S/C17H26N2O3S.C16H23ClN2O3S/c1-11-12(2)23-16(17(21)22-5)15(11)19(13(3)20)10-14-6-8-18(4)9-7-14;1-10-13(14(16(21)22-4)23-15(10)17)19(11(2)20)9-12-5-7-18(3)8-6-12/h14H,6-10H2,1-5H3;12H,5-9H2,1-4H3. The molecule has 0 N–H and O–H groups in total. The molecular weight excluding hydrogens is 648 g/mol. The molecular formula is C33H49ClN4O6S2. The molecule has 4 rings (SSSR count). The van der Waals surface area contributed by atoms with E-state index >= 15 is 0 Å². The van der Waals surface area contributed by atoms with Gasteiger partial charge in [-0.1, -0.05) is 11.6 Å². The zero-order valence-corrected chi connectivity index (χ0v) is 31.0. The van der Waals surface area contributed by atoms with E-state index in [1.807, 2.05) is 20.8 Å². The van der Waals surface area contributed by atoms with E-state index in [2.05, 4.69) is 23.9 Å². The average molecular weight is 697 g/mol. The van der Waals surface area contributed by atoms with E-state index in [0.717, 1.165) is 73.6 Å². The first-order valence-corrected chi connectivity index (χ1v) is 17.7. The summed E-state index contributed by atoms with van der Waals surface area (Å²) in [5.41, 5.74) is 3.11. The molecule has 2 aromatic heterocycles. The summed E-state index contributed by atoms with van der Waals surface area (Å²) >= 11 is 8.79. The number of likely N-dealkylation sites (tertiary alicyclic amines) is 2. The number of aryl methyl sites for hydroxylation is 1. The molecule has 0 aliphatic carbocycles. The van der Waals surface area contributed by atoms with E-state index in [4.69, 9.17) is 21.1 Å². The molecule has 256 valence electrons. The van der Waals surface area contributed by atoms with E-state index in [1.165, 1.54) is 43.8 Å². The minimum atomic E-state index is -0.449. The lowest BCUT2D eigenvalue weighted by atomic mass is 9.96. The Morgan fingerprint density at radius 3 is 1.46 bits per heavy atom. The molecule has 0 spiro atoms. The number of rotatable bonds is 8. The predicted octanol–water partition coefficient (Wildman–Crippen LogP) is 6.04. The molecule has 0 bridgehead atoms. The largest absolute Gasteiger partial charge is 0.465 e. The van der Waals surface area contributed by atoms with E-state index in [0.29, 0.717) is 44.7 Å². The minimum Gasteiger partial charge on any atom is -0.465 e. The molecule has 0 atom stereocenters. The average Bonchev–Trinajstić information content (AvgIpc) is 3.49. The smallest absolute Gasteiger partial charge is 0.350 e. The van der Waals surface area contributed by atoms with Gasteiger partial charge in [0.1, 0.15) is 9.75 Å². The maximum atomic E-state index is 12.3. The number of esters is 2. The Kier molecular flexibility index (Phi) is 14.1. The van der Waals surface area contributed by atoms with Gasteiger partial charge in [-0.3, -0.25) is 9.59 Å². The van der Waals surface area contributed by atoms with Crippen LogP contribution in [0, 0.1) is 32.6 Å². The van der Waals surface area contributed by atoms with Gasteiger partial charge in [0.05, 0.1) is 29.9 Å². The fourth-order valence-electron chi connectivity index (χ4n) is 5.97. The number of thiophene rings is 2. The molecule has 2 saturated heterocycles. The van der Waals surface area contributed by atoms with Gasteiger partial charge in [0.15, 0.2) is 0 Å². The van der Waals surface area contributed by atoms with Gasteiger partial charge < -0.3 is 29.1 Å². The molecule has 46 heavy (non-hydrogen) atoms. The lowest BCUT2D eigenvalue weighted by molar-refractivity contribution is -0.117. The van der Waals surface area contributed by atoms with Gasteiger partial charge in [-0.15, -0.1) is 22.7 Å². The molecule has 2 fully saturated rings. The topological polar surface area (TPSA) is 99.7 Å². The van der Waals surface area contributed by atoms with Crippen LogP contribution in [0.25, 0.3) is 0 Å². The number of carbonyl (C=O) groups is 4. The molecule has 0 aromatic carbocycles. The number of hydrogen-bond acceptors (Lipinski definition) is 10. The highest BCUT2D eigenvalue weighted by molar-refractivity contribution is 7.18. The van der Waals surface area contributed by atoms with Crippen LogP contribution < -0.4 is 9.80 Å². The van der Waals surface area contributed by atoms with E-state index < -0.39 is 5.97 Å². The fourth-order valence-corrected chi connectivity index (χ4v) is 8.32. The zero-order valence-electron chi connectivity index (χ0n) is 28.7. The Balaban J connectivity index is 0.000000250. The monoisotopic (exact) mass is 696 g/mol. The minimum absolute atomic E-state index is 0.0185. The van der Waals surface area contributed by atoms with Gasteiger partial charge in [-0.05, 0) is 104 Å². The molecule has 0 radical (unpaired) electrons.